The summed E-state index contributed by atoms with van der Waals surface area (Å²) in [5, 5.41) is 3.93. The predicted octanol–water partition coefficient (Wildman–Crippen LogP) is 6.91. The lowest BCUT2D eigenvalue weighted by Crippen LogP contribution is -2.09. The van der Waals surface area contributed by atoms with Crippen LogP contribution in [0.1, 0.15) is 25.0 Å². The van der Waals surface area contributed by atoms with Crippen molar-refractivity contribution in [3.05, 3.63) is 77.3 Å². The fraction of sp³-hybridized carbons (Fsp3) is 0.185. The van der Waals surface area contributed by atoms with E-state index in [0.29, 0.717) is 18.0 Å². The van der Waals surface area contributed by atoms with Crippen LogP contribution in [0.3, 0.4) is 0 Å². The summed E-state index contributed by atoms with van der Waals surface area (Å²) >= 11 is 6.06. The molecule has 0 aliphatic rings. The summed E-state index contributed by atoms with van der Waals surface area (Å²) in [5.74, 6) is 1.16. The van der Waals surface area contributed by atoms with E-state index in [1.54, 1.807) is 31.7 Å². The fourth-order valence-corrected chi connectivity index (χ4v) is 4.08. The standard InChI is InChI=1S/C27H25ClN2O4/c1-5-33-19-10-8-18(9-11-19)22-15-34-26-17(3)25(32-4)20(14-21(22)26)16(2)13-24(31)30-23-7-6-12-29-27(23)28/h6-15H,5H2,1-4H3,(H,30,31)/b16-13+. The molecule has 1 N–H and O–H groups in total. The molecule has 4 rings (SSSR count). The summed E-state index contributed by atoms with van der Waals surface area (Å²) in [6.07, 6.45) is 4.82. The van der Waals surface area contributed by atoms with Gasteiger partial charge in [0, 0.05) is 34.3 Å². The predicted molar refractivity (Wildman–Crippen MR) is 136 cm³/mol. The molecule has 2 aromatic carbocycles. The van der Waals surface area contributed by atoms with Gasteiger partial charge in [0.2, 0.25) is 5.91 Å². The number of allylic oxidation sites excluding steroid dienone is 1. The van der Waals surface area contributed by atoms with Crippen molar-refractivity contribution >= 4 is 39.7 Å². The second kappa shape index (κ2) is 10.0. The number of amides is 1. The fourth-order valence-electron chi connectivity index (χ4n) is 3.92. The van der Waals surface area contributed by atoms with E-state index in [1.165, 1.54) is 6.08 Å². The number of carbonyl (C=O) groups excluding carboxylic acids is 1. The molecule has 2 aromatic heterocycles. The van der Waals surface area contributed by atoms with Gasteiger partial charge in [-0.15, -0.1) is 0 Å². The number of benzene rings is 2. The highest BCUT2D eigenvalue weighted by Gasteiger charge is 2.19. The number of carbonyl (C=O) groups is 1. The number of halogens is 1. The highest BCUT2D eigenvalue weighted by atomic mass is 35.5. The lowest BCUT2D eigenvalue weighted by atomic mass is 9.96. The second-order valence-corrected chi connectivity index (χ2v) is 8.08. The minimum absolute atomic E-state index is 0.232. The lowest BCUT2D eigenvalue weighted by Gasteiger charge is -2.13. The van der Waals surface area contributed by atoms with Crippen molar-refractivity contribution in [2.45, 2.75) is 20.8 Å². The number of pyridine rings is 1. The summed E-state index contributed by atoms with van der Waals surface area (Å²) < 4.78 is 17.2. The molecule has 0 aliphatic heterocycles. The number of furan rings is 1. The summed E-state index contributed by atoms with van der Waals surface area (Å²) in [5.41, 5.74) is 5.53. The minimum Gasteiger partial charge on any atom is -0.496 e. The van der Waals surface area contributed by atoms with Gasteiger partial charge in [0.05, 0.1) is 25.7 Å². The number of rotatable bonds is 7. The second-order valence-electron chi connectivity index (χ2n) is 7.72. The maximum absolute atomic E-state index is 12.7. The molecule has 0 radical (unpaired) electrons. The normalized spacial score (nSPS) is 11.5. The summed E-state index contributed by atoms with van der Waals surface area (Å²) in [4.78, 5) is 16.7. The third kappa shape index (κ3) is 4.63. The quantitative estimate of drug-likeness (QED) is 0.232. The van der Waals surface area contributed by atoms with Crippen molar-refractivity contribution in [3.63, 3.8) is 0 Å². The average molecular weight is 477 g/mol. The van der Waals surface area contributed by atoms with Crippen LogP contribution in [0.25, 0.3) is 27.7 Å². The van der Waals surface area contributed by atoms with Gasteiger partial charge in [-0.2, -0.15) is 0 Å². The van der Waals surface area contributed by atoms with Gasteiger partial charge in [-0.25, -0.2) is 4.98 Å². The van der Waals surface area contributed by atoms with Gasteiger partial charge in [-0.3, -0.25) is 4.79 Å². The molecule has 0 fully saturated rings. The van der Waals surface area contributed by atoms with E-state index in [9.17, 15) is 4.79 Å². The highest BCUT2D eigenvalue weighted by molar-refractivity contribution is 6.32. The van der Waals surface area contributed by atoms with Gasteiger partial charge in [0.15, 0.2) is 5.15 Å². The molecule has 7 heteroatoms. The van der Waals surface area contributed by atoms with Crippen LogP contribution in [0.2, 0.25) is 5.15 Å². The SMILES string of the molecule is CCOc1ccc(-c2coc3c(C)c(OC)c(/C(C)=C/C(=O)Nc4cccnc4Cl)cc23)cc1. The molecule has 0 aliphatic carbocycles. The molecular formula is C27H25ClN2O4. The van der Waals surface area contributed by atoms with E-state index in [2.05, 4.69) is 10.3 Å². The first-order valence-electron chi connectivity index (χ1n) is 10.8. The third-order valence-corrected chi connectivity index (χ3v) is 5.81. The Balaban J connectivity index is 1.74. The topological polar surface area (TPSA) is 73.6 Å². The molecule has 34 heavy (non-hydrogen) atoms. The van der Waals surface area contributed by atoms with E-state index in [-0.39, 0.29) is 11.1 Å². The zero-order chi connectivity index (χ0) is 24.2. The highest BCUT2D eigenvalue weighted by Crippen LogP contribution is 2.40. The molecule has 0 bridgehead atoms. The number of hydrogen-bond donors (Lipinski definition) is 1. The number of hydrogen-bond acceptors (Lipinski definition) is 5. The number of anilines is 1. The summed E-state index contributed by atoms with van der Waals surface area (Å²) in [7, 11) is 1.61. The van der Waals surface area contributed by atoms with Crippen LogP contribution in [-0.2, 0) is 4.79 Å². The Bertz CT molecular complexity index is 1370. The number of ether oxygens (including phenoxy) is 2. The monoisotopic (exact) mass is 476 g/mol. The van der Waals surface area contributed by atoms with Crippen LogP contribution in [0, 0.1) is 6.92 Å². The maximum atomic E-state index is 12.7. The number of methoxy groups -OCH3 is 1. The largest absolute Gasteiger partial charge is 0.496 e. The van der Waals surface area contributed by atoms with Crippen molar-refractivity contribution < 1.29 is 18.7 Å². The van der Waals surface area contributed by atoms with Crippen LogP contribution in [0.4, 0.5) is 5.69 Å². The van der Waals surface area contributed by atoms with E-state index in [0.717, 1.165) is 44.5 Å². The van der Waals surface area contributed by atoms with Crippen molar-refractivity contribution in [2.24, 2.45) is 0 Å². The van der Waals surface area contributed by atoms with Crippen molar-refractivity contribution in [1.82, 2.24) is 4.98 Å². The van der Waals surface area contributed by atoms with Crippen LogP contribution in [0.15, 0.2) is 65.4 Å². The van der Waals surface area contributed by atoms with Crippen LogP contribution >= 0.6 is 11.6 Å². The maximum Gasteiger partial charge on any atom is 0.248 e. The van der Waals surface area contributed by atoms with Gasteiger partial charge in [-0.1, -0.05) is 23.7 Å². The van der Waals surface area contributed by atoms with Crippen molar-refractivity contribution in [3.8, 4) is 22.6 Å². The molecule has 0 atom stereocenters. The Morgan fingerprint density at radius 2 is 2.00 bits per heavy atom. The number of aryl methyl sites for hydroxylation is 1. The Kier molecular flexibility index (Phi) is 6.89. The average Bonchev–Trinajstić information content (AvgIpc) is 3.25. The molecule has 174 valence electrons. The number of nitrogens with one attached hydrogen (secondary N) is 1. The Morgan fingerprint density at radius 1 is 1.24 bits per heavy atom. The molecule has 0 saturated carbocycles. The number of fused-ring (bicyclic) bond motifs is 1. The Labute approximate surface area is 203 Å². The Hall–Kier alpha value is -3.77. The lowest BCUT2D eigenvalue weighted by molar-refractivity contribution is -0.111. The van der Waals surface area contributed by atoms with E-state index in [1.807, 2.05) is 51.1 Å². The third-order valence-electron chi connectivity index (χ3n) is 5.51. The van der Waals surface area contributed by atoms with Gasteiger partial charge in [0.25, 0.3) is 0 Å². The molecular weight excluding hydrogens is 452 g/mol. The van der Waals surface area contributed by atoms with Crippen molar-refractivity contribution in [1.29, 1.82) is 0 Å². The smallest absolute Gasteiger partial charge is 0.248 e. The number of nitrogens with zero attached hydrogens (tertiary/aromatic N) is 1. The Morgan fingerprint density at radius 3 is 2.68 bits per heavy atom. The summed E-state index contributed by atoms with van der Waals surface area (Å²) in [6.45, 7) is 6.38. The van der Waals surface area contributed by atoms with Gasteiger partial charge >= 0.3 is 0 Å². The number of aromatic nitrogens is 1. The first-order chi connectivity index (χ1) is 16.4. The van der Waals surface area contributed by atoms with E-state index < -0.39 is 0 Å². The van der Waals surface area contributed by atoms with Gasteiger partial charge < -0.3 is 19.2 Å². The van der Waals surface area contributed by atoms with Gasteiger partial charge in [-0.05, 0) is 62.2 Å². The summed E-state index contributed by atoms with van der Waals surface area (Å²) in [6, 6.07) is 13.3. The molecule has 2 heterocycles. The molecule has 0 spiro atoms. The molecule has 0 unspecified atom stereocenters. The zero-order valence-corrected chi connectivity index (χ0v) is 20.2. The first kappa shape index (κ1) is 23.4. The molecule has 4 aromatic rings. The zero-order valence-electron chi connectivity index (χ0n) is 19.4. The molecule has 1 amide bonds. The van der Waals surface area contributed by atoms with E-state index >= 15 is 0 Å². The van der Waals surface area contributed by atoms with E-state index in [4.69, 9.17) is 25.5 Å². The first-order valence-corrected chi connectivity index (χ1v) is 11.2. The van der Waals surface area contributed by atoms with Crippen molar-refractivity contribution in [2.75, 3.05) is 19.0 Å². The molecule has 0 saturated heterocycles. The minimum atomic E-state index is -0.314. The van der Waals surface area contributed by atoms with Crippen LogP contribution in [-0.4, -0.2) is 24.6 Å². The van der Waals surface area contributed by atoms with Gasteiger partial charge in [0.1, 0.15) is 17.1 Å². The molecule has 6 nitrogen and oxygen atoms in total. The van der Waals surface area contributed by atoms with Crippen LogP contribution < -0.4 is 14.8 Å². The van der Waals surface area contributed by atoms with Crippen LogP contribution in [0.5, 0.6) is 11.5 Å².